The standard InChI is InChI=1S/C20H21NO4/c1-25-17-9-5-8-16-15(17)12-13-21(18(22)10-11-19(23)24)20(16)14-6-3-2-4-7-14/h2-9,20H,10-13H2,1H3,(H,23,24). The minimum Gasteiger partial charge on any atom is -0.496 e. The minimum absolute atomic E-state index is 0.0119. The van der Waals surface area contributed by atoms with Crippen molar-refractivity contribution in [3.63, 3.8) is 0 Å². The van der Waals surface area contributed by atoms with E-state index in [1.54, 1.807) is 12.0 Å². The molecule has 1 aliphatic rings. The molecular formula is C20H21NO4. The Morgan fingerprint density at radius 3 is 2.56 bits per heavy atom. The van der Waals surface area contributed by atoms with E-state index in [4.69, 9.17) is 9.84 Å². The molecule has 2 aromatic carbocycles. The van der Waals surface area contributed by atoms with Crippen LogP contribution in [0.4, 0.5) is 0 Å². The summed E-state index contributed by atoms with van der Waals surface area (Å²) in [5.41, 5.74) is 3.17. The Kier molecular flexibility index (Phi) is 5.03. The van der Waals surface area contributed by atoms with Crippen LogP contribution < -0.4 is 4.74 Å². The summed E-state index contributed by atoms with van der Waals surface area (Å²) >= 11 is 0. The summed E-state index contributed by atoms with van der Waals surface area (Å²) in [7, 11) is 1.65. The van der Waals surface area contributed by atoms with Crippen molar-refractivity contribution in [2.24, 2.45) is 0 Å². The number of carboxylic acids is 1. The van der Waals surface area contributed by atoms with Crippen LogP contribution in [0.25, 0.3) is 0 Å². The summed E-state index contributed by atoms with van der Waals surface area (Å²) in [6, 6.07) is 15.5. The van der Waals surface area contributed by atoms with Crippen LogP contribution in [0.1, 0.15) is 35.6 Å². The maximum Gasteiger partial charge on any atom is 0.303 e. The lowest BCUT2D eigenvalue weighted by Gasteiger charge is -2.38. The van der Waals surface area contributed by atoms with E-state index in [-0.39, 0.29) is 24.8 Å². The summed E-state index contributed by atoms with van der Waals surface area (Å²) in [5.74, 6) is -0.260. The molecule has 1 heterocycles. The van der Waals surface area contributed by atoms with Crippen molar-refractivity contribution < 1.29 is 19.4 Å². The average Bonchev–Trinajstić information content (AvgIpc) is 2.65. The lowest BCUT2D eigenvalue weighted by Crippen LogP contribution is -2.40. The smallest absolute Gasteiger partial charge is 0.303 e. The summed E-state index contributed by atoms with van der Waals surface area (Å²) in [5, 5.41) is 8.88. The fourth-order valence-electron chi connectivity index (χ4n) is 3.45. The van der Waals surface area contributed by atoms with E-state index in [0.717, 1.165) is 22.4 Å². The largest absolute Gasteiger partial charge is 0.496 e. The summed E-state index contributed by atoms with van der Waals surface area (Å²) in [6.07, 6.45) is 0.557. The molecule has 25 heavy (non-hydrogen) atoms. The van der Waals surface area contributed by atoms with Crippen LogP contribution in [0.2, 0.25) is 0 Å². The van der Waals surface area contributed by atoms with Crippen LogP contribution in [0.15, 0.2) is 48.5 Å². The Morgan fingerprint density at radius 2 is 1.88 bits per heavy atom. The van der Waals surface area contributed by atoms with Gasteiger partial charge in [-0.1, -0.05) is 42.5 Å². The number of aliphatic carboxylic acids is 1. The van der Waals surface area contributed by atoms with E-state index in [1.807, 2.05) is 48.5 Å². The number of nitrogens with zero attached hydrogens (tertiary/aromatic N) is 1. The Balaban J connectivity index is 2.02. The van der Waals surface area contributed by atoms with Gasteiger partial charge in [0.1, 0.15) is 5.75 Å². The predicted octanol–water partition coefficient (Wildman–Crippen LogP) is 3.03. The van der Waals surface area contributed by atoms with Gasteiger partial charge in [-0.05, 0) is 23.6 Å². The Bertz CT molecular complexity index is 773. The molecule has 0 saturated heterocycles. The van der Waals surface area contributed by atoms with Crippen LogP contribution >= 0.6 is 0 Å². The zero-order valence-electron chi connectivity index (χ0n) is 14.1. The second-order valence-corrected chi connectivity index (χ2v) is 6.07. The molecular weight excluding hydrogens is 318 g/mol. The van der Waals surface area contributed by atoms with Gasteiger partial charge < -0.3 is 14.7 Å². The van der Waals surface area contributed by atoms with Gasteiger partial charge in [0, 0.05) is 18.5 Å². The lowest BCUT2D eigenvalue weighted by molar-refractivity contribution is -0.141. The third kappa shape index (κ3) is 3.50. The maximum atomic E-state index is 12.7. The first-order valence-electron chi connectivity index (χ1n) is 8.33. The number of carbonyl (C=O) groups excluding carboxylic acids is 1. The lowest BCUT2D eigenvalue weighted by atomic mass is 9.87. The number of rotatable bonds is 5. The average molecular weight is 339 g/mol. The second kappa shape index (κ2) is 7.38. The highest BCUT2D eigenvalue weighted by Gasteiger charge is 2.33. The number of methoxy groups -OCH3 is 1. The molecule has 0 radical (unpaired) electrons. The van der Waals surface area contributed by atoms with Crippen LogP contribution in [0.3, 0.4) is 0 Å². The first kappa shape index (κ1) is 17.0. The van der Waals surface area contributed by atoms with Crippen molar-refractivity contribution in [1.29, 1.82) is 0 Å². The van der Waals surface area contributed by atoms with Crippen molar-refractivity contribution in [1.82, 2.24) is 4.90 Å². The van der Waals surface area contributed by atoms with Crippen LogP contribution in [-0.2, 0) is 16.0 Å². The van der Waals surface area contributed by atoms with Crippen molar-refractivity contribution in [3.05, 3.63) is 65.2 Å². The second-order valence-electron chi connectivity index (χ2n) is 6.07. The van der Waals surface area contributed by atoms with E-state index < -0.39 is 5.97 Å². The Morgan fingerprint density at radius 1 is 1.12 bits per heavy atom. The normalized spacial score (nSPS) is 16.2. The highest BCUT2D eigenvalue weighted by Crippen LogP contribution is 2.39. The number of carbonyl (C=O) groups is 2. The molecule has 5 nitrogen and oxygen atoms in total. The van der Waals surface area contributed by atoms with Crippen LogP contribution in [-0.4, -0.2) is 35.5 Å². The molecule has 1 N–H and O–H groups in total. The van der Waals surface area contributed by atoms with Gasteiger partial charge in [0.25, 0.3) is 0 Å². The SMILES string of the molecule is COc1cccc2c1CCN(C(=O)CCC(=O)O)C2c1ccccc1. The number of fused-ring (bicyclic) bond motifs is 1. The highest BCUT2D eigenvalue weighted by molar-refractivity contribution is 5.82. The molecule has 1 aliphatic heterocycles. The van der Waals surface area contributed by atoms with Gasteiger partial charge in [-0.3, -0.25) is 9.59 Å². The van der Waals surface area contributed by atoms with E-state index in [2.05, 4.69) is 0 Å². The molecule has 0 bridgehead atoms. The van der Waals surface area contributed by atoms with Crippen molar-refractivity contribution >= 4 is 11.9 Å². The van der Waals surface area contributed by atoms with E-state index in [0.29, 0.717) is 13.0 Å². The third-order valence-corrected chi connectivity index (χ3v) is 4.59. The molecule has 130 valence electrons. The molecule has 1 unspecified atom stereocenters. The number of carboxylic acid groups (broad SMARTS) is 1. The van der Waals surface area contributed by atoms with Crippen molar-refractivity contribution in [2.75, 3.05) is 13.7 Å². The molecule has 3 rings (SSSR count). The zero-order chi connectivity index (χ0) is 17.8. The first-order valence-corrected chi connectivity index (χ1v) is 8.33. The minimum atomic E-state index is -0.955. The molecule has 5 heteroatoms. The number of benzene rings is 2. The number of amides is 1. The Hall–Kier alpha value is -2.82. The van der Waals surface area contributed by atoms with Gasteiger partial charge in [-0.25, -0.2) is 0 Å². The number of ether oxygens (including phenoxy) is 1. The predicted molar refractivity (Wildman–Crippen MR) is 93.6 cm³/mol. The summed E-state index contributed by atoms with van der Waals surface area (Å²) in [6.45, 7) is 0.547. The molecule has 1 amide bonds. The van der Waals surface area contributed by atoms with Gasteiger partial charge in [-0.15, -0.1) is 0 Å². The fourth-order valence-corrected chi connectivity index (χ4v) is 3.45. The topological polar surface area (TPSA) is 66.8 Å². The van der Waals surface area contributed by atoms with Crippen LogP contribution in [0.5, 0.6) is 5.75 Å². The van der Waals surface area contributed by atoms with Crippen molar-refractivity contribution in [3.8, 4) is 5.75 Å². The molecule has 0 saturated carbocycles. The molecule has 0 fully saturated rings. The fraction of sp³-hybridized carbons (Fsp3) is 0.300. The van der Waals surface area contributed by atoms with Gasteiger partial charge in [-0.2, -0.15) is 0 Å². The number of hydrogen-bond donors (Lipinski definition) is 1. The van der Waals surface area contributed by atoms with E-state index >= 15 is 0 Å². The van der Waals surface area contributed by atoms with Gasteiger partial charge in [0.2, 0.25) is 5.91 Å². The first-order chi connectivity index (χ1) is 12.1. The van der Waals surface area contributed by atoms with Gasteiger partial charge in [0.15, 0.2) is 0 Å². The highest BCUT2D eigenvalue weighted by atomic mass is 16.5. The number of hydrogen-bond acceptors (Lipinski definition) is 3. The molecule has 2 aromatic rings. The zero-order valence-corrected chi connectivity index (χ0v) is 14.1. The van der Waals surface area contributed by atoms with Crippen molar-refractivity contribution in [2.45, 2.75) is 25.3 Å². The third-order valence-electron chi connectivity index (χ3n) is 4.59. The summed E-state index contributed by atoms with van der Waals surface area (Å²) in [4.78, 5) is 25.3. The Labute approximate surface area is 146 Å². The van der Waals surface area contributed by atoms with Gasteiger partial charge >= 0.3 is 5.97 Å². The maximum absolute atomic E-state index is 12.7. The van der Waals surface area contributed by atoms with Gasteiger partial charge in [0.05, 0.1) is 19.6 Å². The van der Waals surface area contributed by atoms with Crippen LogP contribution in [0, 0.1) is 0 Å². The molecule has 1 atom stereocenters. The van der Waals surface area contributed by atoms with E-state index in [1.165, 1.54) is 0 Å². The van der Waals surface area contributed by atoms with E-state index in [9.17, 15) is 9.59 Å². The molecule has 0 aliphatic carbocycles. The quantitative estimate of drug-likeness (QED) is 0.909. The summed E-state index contributed by atoms with van der Waals surface area (Å²) < 4.78 is 5.49. The monoisotopic (exact) mass is 339 g/mol. The molecule has 0 spiro atoms. The molecule has 0 aromatic heterocycles.